The molecule has 2 heteroatoms. The average molecular weight is 604 g/mol. The highest BCUT2D eigenvalue weighted by Crippen LogP contribution is 2.18. The second-order valence-corrected chi connectivity index (χ2v) is 14.0. The summed E-state index contributed by atoms with van der Waals surface area (Å²) in [6, 6.07) is 0. The van der Waals surface area contributed by atoms with Crippen molar-refractivity contribution in [2.24, 2.45) is 5.92 Å². The molecule has 0 saturated carbocycles. The van der Waals surface area contributed by atoms with Gasteiger partial charge in [-0.25, -0.2) is 0 Å². The molecule has 1 unspecified atom stereocenters. The Balaban J connectivity index is 3.38. The van der Waals surface area contributed by atoms with E-state index in [1.807, 2.05) is 0 Å². The van der Waals surface area contributed by atoms with Crippen LogP contribution in [0.2, 0.25) is 0 Å². The van der Waals surface area contributed by atoms with Crippen molar-refractivity contribution in [2.75, 3.05) is 0 Å². The molecule has 0 N–H and O–H groups in total. The molecular formula is C41H79O2. The zero-order valence-electron chi connectivity index (χ0n) is 29.8. The fourth-order valence-electron chi connectivity index (χ4n) is 6.56. The molecule has 0 rings (SSSR count). The van der Waals surface area contributed by atoms with E-state index in [2.05, 4.69) is 20.1 Å². The molecule has 0 fully saturated rings. The van der Waals surface area contributed by atoms with Crippen molar-refractivity contribution in [2.45, 2.75) is 245 Å². The van der Waals surface area contributed by atoms with Crippen LogP contribution >= 0.6 is 0 Å². The SMILES string of the molecule is CCCCCCCCCCCCCCCCCCCC(=O)C([C]=O)CCCCCCCCCCCCCCCCCCC. The van der Waals surface area contributed by atoms with Crippen molar-refractivity contribution >= 4 is 12.1 Å². The van der Waals surface area contributed by atoms with Gasteiger partial charge in [-0.2, -0.15) is 0 Å². The molecule has 0 aromatic heterocycles. The Hall–Kier alpha value is -0.660. The quantitative estimate of drug-likeness (QED) is 0.0519. The molecule has 0 aromatic carbocycles. The number of rotatable bonds is 38. The molecule has 0 heterocycles. The summed E-state index contributed by atoms with van der Waals surface area (Å²) in [7, 11) is 0. The van der Waals surface area contributed by atoms with E-state index < -0.39 is 5.92 Å². The van der Waals surface area contributed by atoms with E-state index >= 15 is 0 Å². The minimum atomic E-state index is -0.461. The van der Waals surface area contributed by atoms with Crippen molar-refractivity contribution < 1.29 is 9.59 Å². The number of Topliss-reactive ketones (excluding diaryl/α,β-unsaturated/α-hetero) is 1. The summed E-state index contributed by atoms with van der Waals surface area (Å²) in [5.74, 6) is -0.315. The maximum Gasteiger partial charge on any atom is 0.209 e. The molecule has 1 atom stereocenters. The molecule has 0 aliphatic heterocycles. The minimum absolute atomic E-state index is 0.146. The maximum atomic E-state index is 12.5. The van der Waals surface area contributed by atoms with E-state index in [0.29, 0.717) is 6.42 Å². The lowest BCUT2D eigenvalue weighted by Gasteiger charge is -2.09. The summed E-state index contributed by atoms with van der Waals surface area (Å²) >= 11 is 0. The van der Waals surface area contributed by atoms with E-state index in [1.165, 1.54) is 193 Å². The van der Waals surface area contributed by atoms with Crippen LogP contribution in [-0.2, 0) is 9.59 Å². The van der Waals surface area contributed by atoms with Gasteiger partial charge in [0.25, 0.3) is 0 Å². The lowest BCUT2D eigenvalue weighted by molar-refractivity contribution is -0.121. The summed E-state index contributed by atoms with van der Waals surface area (Å²) in [5, 5.41) is 0. The summed E-state index contributed by atoms with van der Waals surface area (Å²) in [6.07, 6.45) is 49.4. The molecule has 43 heavy (non-hydrogen) atoms. The fourth-order valence-corrected chi connectivity index (χ4v) is 6.56. The molecule has 0 aliphatic carbocycles. The standard InChI is InChI=1S/C41H79O2/c1-3-5-7-9-11-13-15-17-19-21-23-25-27-29-31-33-35-37-40(39-42)41(43)38-36-34-32-30-28-26-24-22-20-18-16-14-12-10-8-6-4-2/h40H,3-38H2,1-2H3. The predicted octanol–water partition coefficient (Wildman–Crippen LogP) is 14.4. The highest BCUT2D eigenvalue weighted by molar-refractivity contribution is 5.93. The zero-order chi connectivity index (χ0) is 31.3. The van der Waals surface area contributed by atoms with Crippen molar-refractivity contribution in [1.82, 2.24) is 0 Å². The van der Waals surface area contributed by atoms with E-state index in [0.717, 1.165) is 32.1 Å². The van der Waals surface area contributed by atoms with Gasteiger partial charge in [-0.1, -0.05) is 226 Å². The van der Waals surface area contributed by atoms with Crippen molar-refractivity contribution in [3.63, 3.8) is 0 Å². The molecule has 0 amide bonds. The lowest BCUT2D eigenvalue weighted by Crippen LogP contribution is -2.15. The van der Waals surface area contributed by atoms with Crippen LogP contribution in [0.3, 0.4) is 0 Å². The third-order valence-corrected chi connectivity index (χ3v) is 9.65. The van der Waals surface area contributed by atoms with E-state index in [1.54, 1.807) is 0 Å². The minimum Gasteiger partial charge on any atom is -0.299 e. The van der Waals surface area contributed by atoms with Crippen LogP contribution in [0.1, 0.15) is 245 Å². The normalized spacial score (nSPS) is 12.1. The second kappa shape index (κ2) is 37.5. The van der Waals surface area contributed by atoms with Crippen LogP contribution in [0.25, 0.3) is 0 Å². The van der Waals surface area contributed by atoms with Crippen molar-refractivity contribution in [1.29, 1.82) is 0 Å². The predicted molar refractivity (Wildman–Crippen MR) is 192 cm³/mol. The first-order valence-electron chi connectivity index (χ1n) is 20.2. The van der Waals surface area contributed by atoms with Crippen LogP contribution < -0.4 is 0 Å². The van der Waals surface area contributed by atoms with Gasteiger partial charge in [0.15, 0.2) is 0 Å². The summed E-state index contributed by atoms with van der Waals surface area (Å²) < 4.78 is 0. The second-order valence-electron chi connectivity index (χ2n) is 14.0. The highest BCUT2D eigenvalue weighted by atomic mass is 16.1. The van der Waals surface area contributed by atoms with Crippen LogP contribution in [0.15, 0.2) is 0 Å². The molecule has 0 spiro atoms. The number of carbonyl (C=O) groups is 1. The first kappa shape index (κ1) is 42.3. The molecular weight excluding hydrogens is 524 g/mol. The van der Waals surface area contributed by atoms with Crippen molar-refractivity contribution in [3.05, 3.63) is 0 Å². The third kappa shape index (κ3) is 34.1. The average Bonchev–Trinajstić information content (AvgIpc) is 3.02. The van der Waals surface area contributed by atoms with Crippen LogP contribution in [0.4, 0.5) is 0 Å². The first-order chi connectivity index (χ1) is 21.3. The van der Waals surface area contributed by atoms with Gasteiger partial charge >= 0.3 is 0 Å². The van der Waals surface area contributed by atoms with Crippen LogP contribution in [-0.4, -0.2) is 12.1 Å². The summed E-state index contributed by atoms with van der Waals surface area (Å²) in [6.45, 7) is 4.58. The Morgan fingerprint density at radius 3 is 0.860 bits per heavy atom. The Morgan fingerprint density at radius 2 is 0.605 bits per heavy atom. The molecule has 0 aromatic rings. The Labute approximate surface area is 272 Å². The number of carbonyl (C=O) groups excluding carboxylic acids is 2. The van der Waals surface area contributed by atoms with E-state index in [-0.39, 0.29) is 5.78 Å². The maximum absolute atomic E-state index is 12.5. The summed E-state index contributed by atoms with van der Waals surface area (Å²) in [4.78, 5) is 23.9. The Morgan fingerprint density at radius 1 is 0.372 bits per heavy atom. The van der Waals surface area contributed by atoms with Gasteiger partial charge in [0.2, 0.25) is 6.29 Å². The molecule has 1 radical (unpaired) electrons. The molecule has 0 bridgehead atoms. The monoisotopic (exact) mass is 604 g/mol. The van der Waals surface area contributed by atoms with Gasteiger partial charge < -0.3 is 0 Å². The highest BCUT2D eigenvalue weighted by Gasteiger charge is 2.17. The van der Waals surface area contributed by atoms with Crippen LogP contribution in [0.5, 0.6) is 0 Å². The first-order valence-corrected chi connectivity index (χ1v) is 20.2. The van der Waals surface area contributed by atoms with E-state index in [9.17, 15) is 9.59 Å². The van der Waals surface area contributed by atoms with Crippen molar-refractivity contribution in [3.8, 4) is 0 Å². The lowest BCUT2D eigenvalue weighted by atomic mass is 9.94. The largest absolute Gasteiger partial charge is 0.299 e. The van der Waals surface area contributed by atoms with Crippen LogP contribution in [0, 0.1) is 5.92 Å². The topological polar surface area (TPSA) is 34.1 Å². The van der Waals surface area contributed by atoms with Gasteiger partial charge in [0.05, 0.1) is 5.92 Å². The molecule has 0 saturated heterocycles. The summed E-state index contributed by atoms with van der Waals surface area (Å²) in [5.41, 5.74) is 0. The molecule has 255 valence electrons. The van der Waals surface area contributed by atoms with Gasteiger partial charge in [0.1, 0.15) is 5.78 Å². The van der Waals surface area contributed by atoms with Gasteiger partial charge in [-0.05, 0) is 12.8 Å². The zero-order valence-corrected chi connectivity index (χ0v) is 29.8. The van der Waals surface area contributed by atoms with E-state index in [4.69, 9.17) is 0 Å². The third-order valence-electron chi connectivity index (χ3n) is 9.65. The number of ketones is 1. The Bertz CT molecular complexity index is 542. The Kier molecular flexibility index (Phi) is 37.0. The number of unbranched alkanes of at least 4 members (excludes halogenated alkanes) is 32. The molecule has 0 aliphatic rings. The van der Waals surface area contributed by atoms with Gasteiger partial charge in [0, 0.05) is 6.42 Å². The number of hydrogen-bond acceptors (Lipinski definition) is 2. The van der Waals surface area contributed by atoms with Gasteiger partial charge in [-0.3, -0.25) is 9.59 Å². The molecule has 2 nitrogen and oxygen atoms in total. The number of hydrogen-bond donors (Lipinski definition) is 0. The fraction of sp³-hybridized carbons (Fsp3) is 0.951. The van der Waals surface area contributed by atoms with Gasteiger partial charge in [-0.15, -0.1) is 0 Å². The smallest absolute Gasteiger partial charge is 0.209 e.